The third kappa shape index (κ3) is 5.21. The molecule has 2 saturated heterocycles. The lowest BCUT2D eigenvalue weighted by atomic mass is 9.97. The van der Waals surface area contributed by atoms with Crippen LogP contribution in [0, 0.1) is 5.92 Å². The number of benzene rings is 1. The molecule has 4 rings (SSSR count). The molecule has 2 fully saturated rings. The summed E-state index contributed by atoms with van der Waals surface area (Å²) in [5, 5.41) is 2.91. The minimum absolute atomic E-state index is 0.109. The van der Waals surface area contributed by atoms with E-state index in [1.54, 1.807) is 24.5 Å². The van der Waals surface area contributed by atoms with Crippen LogP contribution in [0.25, 0.3) is 0 Å². The van der Waals surface area contributed by atoms with Crippen LogP contribution in [0.1, 0.15) is 41.6 Å². The van der Waals surface area contributed by atoms with Crippen LogP contribution in [0.2, 0.25) is 0 Å². The first-order chi connectivity index (χ1) is 14.2. The van der Waals surface area contributed by atoms with E-state index in [1.807, 2.05) is 23.1 Å². The van der Waals surface area contributed by atoms with E-state index < -0.39 is 0 Å². The van der Waals surface area contributed by atoms with Gasteiger partial charge in [0.25, 0.3) is 5.91 Å². The van der Waals surface area contributed by atoms with Crippen LogP contribution in [-0.2, 0) is 11.3 Å². The monoisotopic (exact) mass is 392 g/mol. The topological polar surface area (TPSA) is 65.5 Å². The van der Waals surface area contributed by atoms with Gasteiger partial charge in [0.15, 0.2) is 0 Å². The van der Waals surface area contributed by atoms with E-state index in [9.17, 15) is 9.59 Å². The Morgan fingerprint density at radius 3 is 2.79 bits per heavy atom. The summed E-state index contributed by atoms with van der Waals surface area (Å²) in [6.45, 7) is 4.73. The molecule has 0 spiro atoms. The average Bonchev–Trinajstić information content (AvgIpc) is 3.14. The van der Waals surface area contributed by atoms with Gasteiger partial charge < -0.3 is 10.2 Å². The average molecular weight is 393 g/mol. The van der Waals surface area contributed by atoms with Gasteiger partial charge in [-0.25, -0.2) is 0 Å². The fourth-order valence-electron chi connectivity index (χ4n) is 4.36. The Morgan fingerprint density at radius 2 is 2.00 bits per heavy atom. The first kappa shape index (κ1) is 19.6. The quantitative estimate of drug-likeness (QED) is 0.820. The molecule has 2 aromatic rings. The lowest BCUT2D eigenvalue weighted by molar-refractivity contribution is -0.128. The van der Waals surface area contributed by atoms with Crippen LogP contribution in [-0.4, -0.2) is 52.8 Å². The zero-order valence-corrected chi connectivity index (χ0v) is 16.7. The van der Waals surface area contributed by atoms with Crippen molar-refractivity contribution < 1.29 is 9.59 Å². The van der Waals surface area contributed by atoms with E-state index >= 15 is 0 Å². The van der Waals surface area contributed by atoms with Crippen LogP contribution in [0.5, 0.6) is 0 Å². The Morgan fingerprint density at radius 1 is 1.14 bits per heavy atom. The Kier molecular flexibility index (Phi) is 6.20. The minimum atomic E-state index is -0.109. The molecular weight excluding hydrogens is 364 g/mol. The highest BCUT2D eigenvalue weighted by Gasteiger charge is 2.26. The third-order valence-corrected chi connectivity index (χ3v) is 5.79. The van der Waals surface area contributed by atoms with Crippen molar-refractivity contribution in [1.29, 1.82) is 0 Å². The minimum Gasteiger partial charge on any atom is -0.342 e. The van der Waals surface area contributed by atoms with Gasteiger partial charge in [0.05, 0.1) is 0 Å². The lowest BCUT2D eigenvalue weighted by Crippen LogP contribution is -2.41. The Balaban J connectivity index is 1.34. The molecule has 29 heavy (non-hydrogen) atoms. The molecule has 0 saturated carbocycles. The Hall–Kier alpha value is -2.73. The van der Waals surface area contributed by atoms with Crippen molar-refractivity contribution >= 4 is 17.5 Å². The number of nitrogens with zero attached hydrogens (tertiary/aromatic N) is 3. The molecule has 1 aromatic carbocycles. The van der Waals surface area contributed by atoms with Gasteiger partial charge in [-0.15, -0.1) is 0 Å². The van der Waals surface area contributed by atoms with E-state index in [1.165, 1.54) is 6.42 Å². The number of nitrogens with one attached hydrogen (secondary N) is 1. The largest absolute Gasteiger partial charge is 0.342 e. The van der Waals surface area contributed by atoms with Crippen LogP contribution in [0.3, 0.4) is 0 Å². The predicted octanol–water partition coefficient (Wildman–Crippen LogP) is 3.17. The summed E-state index contributed by atoms with van der Waals surface area (Å²) in [4.78, 5) is 32.9. The van der Waals surface area contributed by atoms with Crippen molar-refractivity contribution in [2.24, 2.45) is 5.92 Å². The summed E-state index contributed by atoms with van der Waals surface area (Å²) in [6, 6.07) is 11.4. The summed E-state index contributed by atoms with van der Waals surface area (Å²) < 4.78 is 0. The standard InChI is InChI=1S/C23H28N4O2/c28-22-7-3-13-27(22)17-19-5-2-12-26(16-19)15-18-4-1-6-20(14-18)23(29)25-21-8-10-24-11-9-21/h1,4,6,8-11,14,19H,2-3,5,7,12-13,15-17H2,(H,24,25,29)/t19-/m1/s1. The summed E-state index contributed by atoms with van der Waals surface area (Å²) in [5.74, 6) is 0.751. The zero-order valence-electron chi connectivity index (χ0n) is 16.7. The maximum atomic E-state index is 12.6. The van der Waals surface area contributed by atoms with E-state index in [0.29, 0.717) is 23.8 Å². The number of carbonyl (C=O) groups is 2. The number of hydrogen-bond donors (Lipinski definition) is 1. The van der Waals surface area contributed by atoms with Crippen molar-refractivity contribution in [3.05, 3.63) is 59.9 Å². The second-order valence-electron chi connectivity index (χ2n) is 8.08. The molecule has 1 atom stereocenters. The van der Waals surface area contributed by atoms with Crippen molar-refractivity contribution in [2.75, 3.05) is 31.5 Å². The zero-order chi connectivity index (χ0) is 20.1. The summed E-state index contributed by atoms with van der Waals surface area (Å²) in [7, 11) is 0. The van der Waals surface area contributed by atoms with Gasteiger partial charge >= 0.3 is 0 Å². The first-order valence-corrected chi connectivity index (χ1v) is 10.5. The number of hydrogen-bond acceptors (Lipinski definition) is 4. The van der Waals surface area contributed by atoms with Crippen LogP contribution in [0.15, 0.2) is 48.8 Å². The number of amides is 2. The fourth-order valence-corrected chi connectivity index (χ4v) is 4.36. The normalized spacial score (nSPS) is 20.1. The van der Waals surface area contributed by atoms with Gasteiger partial charge in [0, 0.05) is 56.2 Å². The molecule has 3 heterocycles. The lowest BCUT2D eigenvalue weighted by Gasteiger charge is -2.34. The van der Waals surface area contributed by atoms with Crippen molar-refractivity contribution in [3.63, 3.8) is 0 Å². The molecule has 2 amide bonds. The molecule has 0 bridgehead atoms. The van der Waals surface area contributed by atoms with Gasteiger partial charge in [-0.1, -0.05) is 12.1 Å². The highest BCUT2D eigenvalue weighted by atomic mass is 16.2. The number of aromatic nitrogens is 1. The summed E-state index contributed by atoms with van der Waals surface area (Å²) in [6.07, 6.45) is 7.39. The molecule has 152 valence electrons. The molecule has 1 aromatic heterocycles. The number of carbonyl (C=O) groups excluding carboxylic acids is 2. The van der Waals surface area contributed by atoms with Crippen molar-refractivity contribution in [2.45, 2.75) is 32.2 Å². The molecule has 6 nitrogen and oxygen atoms in total. The number of rotatable bonds is 6. The molecule has 2 aliphatic heterocycles. The fraction of sp³-hybridized carbons (Fsp3) is 0.435. The summed E-state index contributed by atoms with van der Waals surface area (Å²) in [5.41, 5.74) is 2.55. The molecule has 0 aliphatic carbocycles. The number of pyridine rings is 1. The van der Waals surface area contributed by atoms with E-state index in [2.05, 4.69) is 21.3 Å². The third-order valence-electron chi connectivity index (χ3n) is 5.79. The summed E-state index contributed by atoms with van der Waals surface area (Å²) >= 11 is 0. The van der Waals surface area contributed by atoms with Gasteiger partial charge in [-0.05, 0) is 61.6 Å². The first-order valence-electron chi connectivity index (χ1n) is 10.5. The van der Waals surface area contributed by atoms with E-state index in [0.717, 1.165) is 56.8 Å². The highest BCUT2D eigenvalue weighted by molar-refractivity contribution is 6.04. The van der Waals surface area contributed by atoms with Gasteiger partial charge in [-0.2, -0.15) is 0 Å². The van der Waals surface area contributed by atoms with E-state index in [-0.39, 0.29) is 5.91 Å². The maximum Gasteiger partial charge on any atom is 0.255 e. The smallest absolute Gasteiger partial charge is 0.255 e. The maximum absolute atomic E-state index is 12.6. The van der Waals surface area contributed by atoms with Crippen molar-refractivity contribution in [1.82, 2.24) is 14.8 Å². The van der Waals surface area contributed by atoms with Crippen molar-refractivity contribution in [3.8, 4) is 0 Å². The molecule has 0 radical (unpaired) electrons. The molecule has 0 unspecified atom stereocenters. The van der Waals surface area contributed by atoms with Crippen LogP contribution in [0.4, 0.5) is 5.69 Å². The van der Waals surface area contributed by atoms with Crippen LogP contribution < -0.4 is 5.32 Å². The van der Waals surface area contributed by atoms with Gasteiger partial charge in [-0.3, -0.25) is 19.5 Å². The number of anilines is 1. The SMILES string of the molecule is O=C(Nc1ccncc1)c1cccc(CN2CCC[C@@H](CN3CCCC3=O)C2)c1. The highest BCUT2D eigenvalue weighted by Crippen LogP contribution is 2.22. The van der Waals surface area contributed by atoms with E-state index in [4.69, 9.17) is 0 Å². The number of likely N-dealkylation sites (tertiary alicyclic amines) is 2. The van der Waals surface area contributed by atoms with Gasteiger partial charge in [0.2, 0.25) is 5.91 Å². The molecule has 1 N–H and O–H groups in total. The second-order valence-corrected chi connectivity index (χ2v) is 8.08. The predicted molar refractivity (Wildman–Crippen MR) is 112 cm³/mol. The van der Waals surface area contributed by atoms with Crippen LogP contribution >= 0.6 is 0 Å². The Bertz CT molecular complexity index is 855. The molecule has 2 aliphatic rings. The Labute approximate surface area is 171 Å². The molecule has 6 heteroatoms. The molecular formula is C23H28N4O2. The second kappa shape index (κ2) is 9.18. The van der Waals surface area contributed by atoms with Gasteiger partial charge in [0.1, 0.15) is 0 Å². The number of piperidine rings is 1.